The molecule has 2 heteroatoms. The van der Waals surface area contributed by atoms with Crippen molar-refractivity contribution >= 4 is 5.78 Å². The van der Waals surface area contributed by atoms with Gasteiger partial charge in [0.2, 0.25) is 0 Å². The van der Waals surface area contributed by atoms with Gasteiger partial charge >= 0.3 is 0 Å². The van der Waals surface area contributed by atoms with E-state index in [0.717, 1.165) is 6.54 Å². The van der Waals surface area contributed by atoms with Gasteiger partial charge in [0, 0.05) is 6.54 Å². The molecular weight excluding hydrogens is 186 g/mol. The summed E-state index contributed by atoms with van der Waals surface area (Å²) in [6, 6.07) is 6.43. The summed E-state index contributed by atoms with van der Waals surface area (Å²) in [6.45, 7) is 7.19. The van der Waals surface area contributed by atoms with Gasteiger partial charge in [-0.15, -0.1) is 0 Å². The van der Waals surface area contributed by atoms with Crippen LogP contribution >= 0.6 is 0 Å². The van der Waals surface area contributed by atoms with Crippen molar-refractivity contribution < 1.29 is 4.79 Å². The van der Waals surface area contributed by atoms with Crippen molar-refractivity contribution in [2.45, 2.75) is 27.3 Å². The Morgan fingerprint density at radius 1 is 1.33 bits per heavy atom. The molecule has 0 N–H and O–H groups in total. The summed E-state index contributed by atoms with van der Waals surface area (Å²) in [5.41, 5.74) is 3.88. The van der Waals surface area contributed by atoms with Gasteiger partial charge in [-0.3, -0.25) is 9.69 Å². The van der Waals surface area contributed by atoms with E-state index in [1.165, 1.54) is 16.7 Å². The summed E-state index contributed by atoms with van der Waals surface area (Å²) in [5, 5.41) is 0. The lowest BCUT2D eigenvalue weighted by Crippen LogP contribution is -2.24. The number of nitrogens with zero attached hydrogens (tertiary/aromatic N) is 1. The van der Waals surface area contributed by atoms with Gasteiger partial charge in [-0.05, 0) is 38.9 Å². The first-order valence-corrected chi connectivity index (χ1v) is 5.23. The lowest BCUT2D eigenvalue weighted by Gasteiger charge is -2.16. The molecule has 2 nitrogen and oxygen atoms in total. The fraction of sp³-hybridized carbons (Fsp3) is 0.462. The molecule has 0 bridgehead atoms. The number of likely N-dealkylation sites (N-methyl/N-ethyl adjacent to an activating group) is 1. The predicted molar refractivity (Wildman–Crippen MR) is 62.9 cm³/mol. The Labute approximate surface area is 91.9 Å². The highest BCUT2D eigenvalue weighted by molar-refractivity contribution is 5.77. The molecule has 0 saturated carbocycles. The maximum Gasteiger partial charge on any atom is 0.143 e. The van der Waals surface area contributed by atoms with Gasteiger partial charge in [-0.25, -0.2) is 0 Å². The van der Waals surface area contributed by atoms with E-state index >= 15 is 0 Å². The monoisotopic (exact) mass is 205 g/mol. The Kier molecular flexibility index (Phi) is 4.04. The van der Waals surface area contributed by atoms with Crippen molar-refractivity contribution in [2.75, 3.05) is 13.6 Å². The van der Waals surface area contributed by atoms with E-state index in [4.69, 9.17) is 0 Å². The third-order valence-corrected chi connectivity index (χ3v) is 2.43. The van der Waals surface area contributed by atoms with Crippen molar-refractivity contribution in [3.63, 3.8) is 0 Å². The van der Waals surface area contributed by atoms with Crippen LogP contribution in [-0.2, 0) is 11.3 Å². The highest BCUT2D eigenvalue weighted by atomic mass is 16.1. The van der Waals surface area contributed by atoms with E-state index in [2.05, 4.69) is 32.0 Å². The second kappa shape index (κ2) is 5.08. The Balaban J connectivity index is 2.68. The normalized spacial score (nSPS) is 10.7. The van der Waals surface area contributed by atoms with E-state index in [9.17, 15) is 4.79 Å². The second-order valence-electron chi connectivity index (χ2n) is 4.30. The van der Waals surface area contributed by atoms with Gasteiger partial charge in [-0.2, -0.15) is 0 Å². The minimum Gasteiger partial charge on any atom is -0.299 e. The highest BCUT2D eigenvalue weighted by Crippen LogP contribution is 2.12. The summed E-state index contributed by atoms with van der Waals surface area (Å²) >= 11 is 0. The topological polar surface area (TPSA) is 20.3 Å². The molecule has 15 heavy (non-hydrogen) atoms. The summed E-state index contributed by atoms with van der Waals surface area (Å²) in [5.74, 6) is 0.210. The lowest BCUT2D eigenvalue weighted by atomic mass is 10.1. The number of carbonyl (C=O) groups is 1. The van der Waals surface area contributed by atoms with E-state index in [-0.39, 0.29) is 5.78 Å². The minimum absolute atomic E-state index is 0.210. The third kappa shape index (κ3) is 3.84. The van der Waals surface area contributed by atoms with Gasteiger partial charge in [0.05, 0.1) is 6.54 Å². The quantitative estimate of drug-likeness (QED) is 0.752. The number of benzene rings is 1. The first-order valence-electron chi connectivity index (χ1n) is 5.23. The first-order chi connectivity index (χ1) is 6.99. The van der Waals surface area contributed by atoms with Crippen LogP contribution in [0.3, 0.4) is 0 Å². The molecule has 1 aromatic rings. The van der Waals surface area contributed by atoms with Crippen LogP contribution < -0.4 is 0 Å². The van der Waals surface area contributed by atoms with Crippen LogP contribution in [0.1, 0.15) is 23.6 Å². The molecule has 0 spiro atoms. The smallest absolute Gasteiger partial charge is 0.143 e. The Morgan fingerprint density at radius 2 is 2.00 bits per heavy atom. The third-order valence-electron chi connectivity index (χ3n) is 2.43. The minimum atomic E-state index is 0.210. The predicted octanol–water partition coefficient (Wildman–Crippen LogP) is 2.32. The number of carbonyl (C=O) groups excluding carboxylic acids is 1. The van der Waals surface area contributed by atoms with E-state index in [1.54, 1.807) is 6.92 Å². The molecule has 0 aliphatic carbocycles. The second-order valence-corrected chi connectivity index (χ2v) is 4.30. The number of aryl methyl sites for hydroxylation is 2. The Bertz CT molecular complexity index is 358. The largest absolute Gasteiger partial charge is 0.299 e. The average Bonchev–Trinajstić information content (AvgIpc) is 2.08. The van der Waals surface area contributed by atoms with Gasteiger partial charge in [0.1, 0.15) is 5.78 Å². The molecule has 0 amide bonds. The van der Waals surface area contributed by atoms with E-state index in [1.807, 2.05) is 11.9 Å². The zero-order valence-corrected chi connectivity index (χ0v) is 10.0. The fourth-order valence-electron chi connectivity index (χ4n) is 1.75. The first kappa shape index (κ1) is 11.9. The van der Waals surface area contributed by atoms with Crippen LogP contribution in [0.25, 0.3) is 0 Å². The number of ketones is 1. The van der Waals surface area contributed by atoms with Crippen LogP contribution in [0.15, 0.2) is 18.2 Å². The van der Waals surface area contributed by atoms with Crippen LogP contribution in [0.5, 0.6) is 0 Å². The van der Waals surface area contributed by atoms with Crippen molar-refractivity contribution in [1.29, 1.82) is 0 Å². The van der Waals surface area contributed by atoms with Crippen molar-refractivity contribution in [1.82, 2.24) is 4.90 Å². The van der Waals surface area contributed by atoms with Gasteiger partial charge < -0.3 is 0 Å². The summed E-state index contributed by atoms with van der Waals surface area (Å²) < 4.78 is 0. The van der Waals surface area contributed by atoms with Crippen LogP contribution in [0.4, 0.5) is 0 Å². The molecule has 0 aliphatic rings. The molecule has 0 radical (unpaired) electrons. The molecule has 1 aromatic carbocycles. The van der Waals surface area contributed by atoms with E-state index in [0.29, 0.717) is 6.54 Å². The summed E-state index contributed by atoms with van der Waals surface area (Å²) in [7, 11) is 1.97. The molecular formula is C13H19NO. The number of hydrogen-bond donors (Lipinski definition) is 0. The molecule has 0 fully saturated rings. The van der Waals surface area contributed by atoms with Crippen LogP contribution in [-0.4, -0.2) is 24.3 Å². The molecule has 0 saturated heterocycles. The molecule has 0 heterocycles. The average molecular weight is 205 g/mol. The molecule has 0 unspecified atom stereocenters. The lowest BCUT2D eigenvalue weighted by molar-refractivity contribution is -0.117. The van der Waals surface area contributed by atoms with Gasteiger partial charge in [0.15, 0.2) is 0 Å². The molecule has 82 valence electrons. The Morgan fingerprint density at radius 3 is 2.53 bits per heavy atom. The number of Topliss-reactive ketones (excluding diaryl/α,β-unsaturated/α-hetero) is 1. The fourth-order valence-corrected chi connectivity index (χ4v) is 1.75. The van der Waals surface area contributed by atoms with Crippen molar-refractivity contribution in [2.24, 2.45) is 0 Å². The SMILES string of the molecule is CC(=O)CN(C)Cc1ccc(C)cc1C. The van der Waals surface area contributed by atoms with E-state index < -0.39 is 0 Å². The summed E-state index contributed by atoms with van der Waals surface area (Å²) in [4.78, 5) is 13.0. The molecule has 0 aliphatic heterocycles. The van der Waals surface area contributed by atoms with Crippen LogP contribution in [0.2, 0.25) is 0 Å². The van der Waals surface area contributed by atoms with Crippen molar-refractivity contribution in [3.05, 3.63) is 34.9 Å². The molecule has 1 rings (SSSR count). The van der Waals surface area contributed by atoms with Crippen molar-refractivity contribution in [3.8, 4) is 0 Å². The molecule has 0 atom stereocenters. The Hall–Kier alpha value is -1.15. The maximum atomic E-state index is 10.9. The highest BCUT2D eigenvalue weighted by Gasteiger charge is 2.05. The van der Waals surface area contributed by atoms with Crippen LogP contribution in [0, 0.1) is 13.8 Å². The number of hydrogen-bond acceptors (Lipinski definition) is 2. The summed E-state index contributed by atoms with van der Waals surface area (Å²) in [6.07, 6.45) is 0. The van der Waals surface area contributed by atoms with Gasteiger partial charge in [0.25, 0.3) is 0 Å². The zero-order chi connectivity index (χ0) is 11.4. The molecule has 0 aromatic heterocycles. The maximum absolute atomic E-state index is 10.9. The zero-order valence-electron chi connectivity index (χ0n) is 10.0. The number of rotatable bonds is 4. The van der Waals surface area contributed by atoms with Gasteiger partial charge in [-0.1, -0.05) is 23.8 Å². The standard InChI is InChI=1S/C13H19NO/c1-10-5-6-13(11(2)7-10)9-14(4)8-12(3)15/h5-7H,8-9H2,1-4H3.